The van der Waals surface area contributed by atoms with Gasteiger partial charge >= 0.3 is 0 Å². The van der Waals surface area contributed by atoms with E-state index in [0.29, 0.717) is 0 Å². The van der Waals surface area contributed by atoms with Crippen LogP contribution in [0.3, 0.4) is 0 Å². The van der Waals surface area contributed by atoms with Gasteiger partial charge in [0.2, 0.25) is 0 Å². The summed E-state index contributed by atoms with van der Waals surface area (Å²) in [6, 6.07) is 6.36. The van der Waals surface area contributed by atoms with E-state index < -0.39 is 0 Å². The van der Waals surface area contributed by atoms with Crippen molar-refractivity contribution in [3.63, 3.8) is 0 Å². The number of hydrogen-bond donors (Lipinski definition) is 1. The summed E-state index contributed by atoms with van der Waals surface area (Å²) < 4.78 is 5.90. The number of benzene rings is 1. The van der Waals surface area contributed by atoms with Crippen molar-refractivity contribution in [1.82, 2.24) is 4.90 Å². The zero-order chi connectivity index (χ0) is 11.8. The molecule has 0 radical (unpaired) electrons. The minimum atomic E-state index is -0.115. The van der Waals surface area contributed by atoms with Crippen LogP contribution in [-0.2, 0) is 6.54 Å². The summed E-state index contributed by atoms with van der Waals surface area (Å²) in [5, 5.41) is 3.42. The molecule has 2 rings (SSSR count). The summed E-state index contributed by atoms with van der Waals surface area (Å²) >= 11 is 0. The van der Waals surface area contributed by atoms with Crippen LogP contribution in [0.5, 0.6) is 5.75 Å². The molecule has 3 heteroatoms. The van der Waals surface area contributed by atoms with Crippen LogP contribution in [0, 0.1) is 0 Å². The highest BCUT2D eigenvalue weighted by Crippen LogP contribution is 2.33. The van der Waals surface area contributed by atoms with Gasteiger partial charge in [0.1, 0.15) is 11.4 Å². The Morgan fingerprint density at radius 2 is 2.12 bits per heavy atom. The normalized spacial score (nSPS) is 17.6. The zero-order valence-corrected chi connectivity index (χ0v) is 10.5. The van der Waals surface area contributed by atoms with Crippen LogP contribution < -0.4 is 10.1 Å². The second kappa shape index (κ2) is 3.98. The van der Waals surface area contributed by atoms with Gasteiger partial charge in [0, 0.05) is 6.54 Å². The maximum absolute atomic E-state index is 5.90. The maximum atomic E-state index is 5.90. The topological polar surface area (TPSA) is 24.5 Å². The summed E-state index contributed by atoms with van der Waals surface area (Å²) in [7, 11) is 4.15. The van der Waals surface area contributed by atoms with Crippen molar-refractivity contribution in [3.05, 3.63) is 23.8 Å². The minimum absolute atomic E-state index is 0.115. The Balaban J connectivity index is 2.21. The molecular weight excluding hydrogens is 200 g/mol. The van der Waals surface area contributed by atoms with E-state index in [1.165, 1.54) is 5.56 Å². The van der Waals surface area contributed by atoms with Gasteiger partial charge in [-0.25, -0.2) is 0 Å². The molecule has 3 nitrogen and oxygen atoms in total. The first-order chi connectivity index (χ1) is 7.46. The molecule has 0 amide bonds. The van der Waals surface area contributed by atoms with Crippen LogP contribution in [0.15, 0.2) is 18.2 Å². The molecule has 1 aliphatic rings. The third-order valence-electron chi connectivity index (χ3n) is 2.63. The van der Waals surface area contributed by atoms with E-state index in [0.717, 1.165) is 24.5 Å². The summed E-state index contributed by atoms with van der Waals surface area (Å²) in [6.45, 7) is 6.00. The molecule has 1 aliphatic heterocycles. The lowest BCUT2D eigenvalue weighted by molar-refractivity contribution is 0.116. The molecule has 1 aromatic rings. The first-order valence-corrected chi connectivity index (χ1v) is 5.67. The number of anilines is 1. The number of ether oxygens (including phenoxy) is 1. The summed E-state index contributed by atoms with van der Waals surface area (Å²) in [5.74, 6) is 0.957. The van der Waals surface area contributed by atoms with Crippen molar-refractivity contribution in [2.45, 2.75) is 26.0 Å². The second-order valence-electron chi connectivity index (χ2n) is 5.28. The van der Waals surface area contributed by atoms with Crippen LogP contribution >= 0.6 is 0 Å². The molecule has 0 atom stereocenters. The summed E-state index contributed by atoms with van der Waals surface area (Å²) in [4.78, 5) is 2.16. The second-order valence-corrected chi connectivity index (χ2v) is 5.28. The Hall–Kier alpha value is -1.22. The molecule has 16 heavy (non-hydrogen) atoms. The molecule has 1 aromatic carbocycles. The lowest BCUT2D eigenvalue weighted by Gasteiger charge is -2.33. The van der Waals surface area contributed by atoms with Gasteiger partial charge in [-0.1, -0.05) is 6.07 Å². The van der Waals surface area contributed by atoms with E-state index in [1.54, 1.807) is 0 Å². The molecule has 0 aliphatic carbocycles. The Bertz CT molecular complexity index is 386. The summed E-state index contributed by atoms with van der Waals surface area (Å²) in [5.41, 5.74) is 2.30. The third kappa shape index (κ3) is 2.47. The molecule has 0 fully saturated rings. The average Bonchev–Trinajstić information content (AvgIpc) is 2.16. The third-order valence-corrected chi connectivity index (χ3v) is 2.63. The zero-order valence-electron chi connectivity index (χ0n) is 10.5. The Morgan fingerprint density at radius 1 is 1.38 bits per heavy atom. The highest BCUT2D eigenvalue weighted by molar-refractivity contribution is 5.60. The van der Waals surface area contributed by atoms with Gasteiger partial charge in [-0.05, 0) is 45.6 Å². The average molecular weight is 220 g/mol. The molecule has 0 saturated carbocycles. The number of nitrogens with zero attached hydrogens (tertiary/aromatic N) is 1. The molecule has 0 saturated heterocycles. The standard InChI is InChI=1S/C13H20N2O/c1-13(2)9-14-11-7-10(8-15(3)4)5-6-12(11)16-13/h5-7,14H,8-9H2,1-4H3. The van der Waals surface area contributed by atoms with Crippen molar-refractivity contribution in [2.75, 3.05) is 26.0 Å². The van der Waals surface area contributed by atoms with E-state index in [2.05, 4.69) is 56.4 Å². The maximum Gasteiger partial charge on any atom is 0.143 e. The van der Waals surface area contributed by atoms with Crippen LogP contribution in [0.2, 0.25) is 0 Å². The van der Waals surface area contributed by atoms with Gasteiger partial charge in [0.05, 0.1) is 12.2 Å². The fourth-order valence-corrected chi connectivity index (χ4v) is 1.91. The number of fused-ring (bicyclic) bond motifs is 1. The minimum Gasteiger partial charge on any atom is -0.484 e. The Labute approximate surface area is 97.4 Å². The first kappa shape index (κ1) is 11.3. The van der Waals surface area contributed by atoms with Crippen LogP contribution in [0.1, 0.15) is 19.4 Å². The van der Waals surface area contributed by atoms with E-state index in [4.69, 9.17) is 4.74 Å². The molecule has 0 unspecified atom stereocenters. The van der Waals surface area contributed by atoms with E-state index in [9.17, 15) is 0 Å². The van der Waals surface area contributed by atoms with Gasteiger partial charge in [-0.2, -0.15) is 0 Å². The van der Waals surface area contributed by atoms with Gasteiger partial charge in [-0.15, -0.1) is 0 Å². The quantitative estimate of drug-likeness (QED) is 0.828. The predicted octanol–water partition coefficient (Wildman–Crippen LogP) is 2.33. The molecule has 1 heterocycles. The Morgan fingerprint density at radius 3 is 2.81 bits per heavy atom. The van der Waals surface area contributed by atoms with E-state index in [1.807, 2.05) is 0 Å². The first-order valence-electron chi connectivity index (χ1n) is 5.67. The van der Waals surface area contributed by atoms with Crippen molar-refractivity contribution in [2.24, 2.45) is 0 Å². The lowest BCUT2D eigenvalue weighted by atomic mass is 10.1. The van der Waals surface area contributed by atoms with E-state index in [-0.39, 0.29) is 5.60 Å². The Kier molecular flexibility index (Phi) is 2.80. The molecule has 0 spiro atoms. The number of nitrogens with one attached hydrogen (secondary N) is 1. The lowest BCUT2D eigenvalue weighted by Crippen LogP contribution is -2.40. The van der Waals surface area contributed by atoms with Gasteiger partial charge in [0.15, 0.2) is 0 Å². The van der Waals surface area contributed by atoms with Crippen molar-refractivity contribution < 1.29 is 4.74 Å². The fourth-order valence-electron chi connectivity index (χ4n) is 1.91. The van der Waals surface area contributed by atoms with Crippen LogP contribution in [0.25, 0.3) is 0 Å². The number of hydrogen-bond acceptors (Lipinski definition) is 3. The highest BCUT2D eigenvalue weighted by Gasteiger charge is 2.26. The van der Waals surface area contributed by atoms with Crippen molar-refractivity contribution in [1.29, 1.82) is 0 Å². The fraction of sp³-hybridized carbons (Fsp3) is 0.538. The largest absolute Gasteiger partial charge is 0.484 e. The highest BCUT2D eigenvalue weighted by atomic mass is 16.5. The van der Waals surface area contributed by atoms with Gasteiger partial charge < -0.3 is 15.0 Å². The SMILES string of the molecule is CN(C)Cc1ccc2c(c1)NCC(C)(C)O2. The van der Waals surface area contributed by atoms with Crippen LogP contribution in [0.4, 0.5) is 5.69 Å². The van der Waals surface area contributed by atoms with Gasteiger partial charge in [-0.3, -0.25) is 0 Å². The molecular formula is C13H20N2O. The van der Waals surface area contributed by atoms with Gasteiger partial charge in [0.25, 0.3) is 0 Å². The van der Waals surface area contributed by atoms with Crippen molar-refractivity contribution in [3.8, 4) is 5.75 Å². The van der Waals surface area contributed by atoms with Crippen LogP contribution in [-0.4, -0.2) is 31.1 Å². The summed E-state index contributed by atoms with van der Waals surface area (Å²) in [6.07, 6.45) is 0. The smallest absolute Gasteiger partial charge is 0.143 e. The number of rotatable bonds is 2. The predicted molar refractivity (Wildman–Crippen MR) is 67.0 cm³/mol. The molecule has 88 valence electrons. The monoisotopic (exact) mass is 220 g/mol. The molecule has 0 bridgehead atoms. The van der Waals surface area contributed by atoms with Crippen molar-refractivity contribution >= 4 is 5.69 Å². The van der Waals surface area contributed by atoms with E-state index >= 15 is 0 Å². The molecule has 0 aromatic heterocycles. The molecule has 1 N–H and O–H groups in total.